The number of nitrogens with one attached hydrogen (secondary N) is 1. The average molecular weight is 323 g/mol. The molecule has 0 saturated carbocycles. The Balaban J connectivity index is 1.62. The van der Waals surface area contributed by atoms with Gasteiger partial charge in [0.25, 0.3) is 5.91 Å². The summed E-state index contributed by atoms with van der Waals surface area (Å²) in [6.45, 7) is 0.489. The Labute approximate surface area is 128 Å². The minimum Gasteiger partial charge on any atom is -0.481 e. The highest BCUT2D eigenvalue weighted by atomic mass is 32.1. The lowest BCUT2D eigenvalue weighted by atomic mass is 10.2. The van der Waals surface area contributed by atoms with Crippen LogP contribution in [0.4, 0.5) is 0 Å². The molecule has 8 heteroatoms. The van der Waals surface area contributed by atoms with Crippen molar-refractivity contribution < 1.29 is 14.7 Å². The van der Waals surface area contributed by atoms with Crippen molar-refractivity contribution in [1.29, 1.82) is 0 Å². The number of carboxylic acid groups (broad SMARTS) is 1. The lowest BCUT2D eigenvalue weighted by Gasteiger charge is -2.02. The molecule has 0 aliphatic rings. The topological polar surface area (TPSA) is 83.7 Å². The Morgan fingerprint density at radius 3 is 3.05 bits per heavy atom. The number of carbonyl (C=O) groups excluding carboxylic acids is 1. The number of carboxylic acids is 1. The molecule has 0 aliphatic carbocycles. The zero-order chi connectivity index (χ0) is 14.8. The molecule has 0 aromatic carbocycles. The van der Waals surface area contributed by atoms with E-state index in [2.05, 4.69) is 10.3 Å². The van der Waals surface area contributed by atoms with Crippen LogP contribution in [0.2, 0.25) is 0 Å². The van der Waals surface area contributed by atoms with Crippen molar-refractivity contribution in [2.45, 2.75) is 19.3 Å². The van der Waals surface area contributed by atoms with Crippen LogP contribution in [0, 0.1) is 0 Å². The van der Waals surface area contributed by atoms with Gasteiger partial charge in [-0.25, -0.2) is 4.98 Å². The molecule has 1 amide bonds. The highest BCUT2D eigenvalue weighted by Crippen LogP contribution is 2.28. The molecule has 3 aromatic heterocycles. The second-order valence-corrected chi connectivity index (χ2v) is 6.48. The van der Waals surface area contributed by atoms with Gasteiger partial charge in [0.05, 0.1) is 10.4 Å². The zero-order valence-electron chi connectivity index (χ0n) is 11.0. The molecule has 0 spiro atoms. The van der Waals surface area contributed by atoms with E-state index in [1.54, 1.807) is 11.3 Å². The molecule has 0 fully saturated rings. The van der Waals surface area contributed by atoms with Gasteiger partial charge in [0, 0.05) is 24.5 Å². The Morgan fingerprint density at radius 1 is 1.38 bits per heavy atom. The van der Waals surface area contributed by atoms with Crippen LogP contribution in [-0.2, 0) is 4.79 Å². The third-order valence-corrected chi connectivity index (χ3v) is 4.84. The number of thiophene rings is 1. The van der Waals surface area contributed by atoms with E-state index in [4.69, 9.17) is 5.11 Å². The molecule has 110 valence electrons. The van der Waals surface area contributed by atoms with E-state index in [0.29, 0.717) is 24.3 Å². The highest BCUT2D eigenvalue weighted by Gasteiger charge is 2.14. The first-order chi connectivity index (χ1) is 10.1. The Hall–Kier alpha value is -1.93. The van der Waals surface area contributed by atoms with E-state index in [0.717, 1.165) is 15.3 Å². The molecule has 2 N–H and O–H groups in total. The van der Waals surface area contributed by atoms with E-state index < -0.39 is 5.97 Å². The molecule has 0 unspecified atom stereocenters. The third-order valence-electron chi connectivity index (χ3n) is 3.07. The zero-order valence-corrected chi connectivity index (χ0v) is 12.7. The van der Waals surface area contributed by atoms with Crippen LogP contribution in [0.3, 0.4) is 0 Å². The van der Waals surface area contributed by atoms with E-state index in [1.807, 2.05) is 22.0 Å². The van der Waals surface area contributed by atoms with Crippen molar-refractivity contribution in [2.75, 3.05) is 6.54 Å². The smallest absolute Gasteiger partial charge is 0.303 e. The van der Waals surface area contributed by atoms with Gasteiger partial charge < -0.3 is 10.4 Å². The maximum atomic E-state index is 12.0. The summed E-state index contributed by atoms with van der Waals surface area (Å²) in [5.41, 5.74) is 0.951. The predicted molar refractivity (Wildman–Crippen MR) is 82.3 cm³/mol. The number of unbranched alkanes of at least 4 members (excludes halogenated alkanes) is 1. The van der Waals surface area contributed by atoms with Crippen LogP contribution in [0.15, 0.2) is 17.6 Å². The van der Waals surface area contributed by atoms with Gasteiger partial charge in [-0.2, -0.15) is 0 Å². The van der Waals surface area contributed by atoms with Crippen molar-refractivity contribution in [3.05, 3.63) is 22.5 Å². The summed E-state index contributed by atoms with van der Waals surface area (Å²) in [5, 5.41) is 13.3. The van der Waals surface area contributed by atoms with Gasteiger partial charge in [-0.05, 0) is 18.9 Å². The highest BCUT2D eigenvalue weighted by molar-refractivity contribution is 7.21. The van der Waals surface area contributed by atoms with Gasteiger partial charge in [-0.1, -0.05) is 0 Å². The number of thiazole rings is 1. The standard InChI is InChI=1S/C13H13N3O3S2/c17-10(18)3-1-2-4-14-11(19)9-7-8-12(21-9)15-13-16(8)5-6-20-13/h5-7H,1-4H2,(H,14,19)(H,17,18). The molecule has 0 bridgehead atoms. The van der Waals surface area contributed by atoms with Crippen molar-refractivity contribution in [3.63, 3.8) is 0 Å². The van der Waals surface area contributed by atoms with Crippen LogP contribution < -0.4 is 5.32 Å². The summed E-state index contributed by atoms with van der Waals surface area (Å²) in [6.07, 6.45) is 3.31. The number of rotatable bonds is 6. The lowest BCUT2D eigenvalue weighted by Crippen LogP contribution is -2.23. The number of nitrogens with zero attached hydrogens (tertiary/aromatic N) is 2. The van der Waals surface area contributed by atoms with Gasteiger partial charge in [0.1, 0.15) is 4.83 Å². The van der Waals surface area contributed by atoms with Crippen molar-refractivity contribution in [1.82, 2.24) is 14.7 Å². The van der Waals surface area contributed by atoms with E-state index >= 15 is 0 Å². The Bertz CT molecular complexity index is 802. The molecule has 3 rings (SSSR count). The predicted octanol–water partition coefficient (Wildman–Crippen LogP) is 2.60. The molecular formula is C13H13N3O3S2. The minimum absolute atomic E-state index is 0.127. The Morgan fingerprint density at radius 2 is 2.24 bits per heavy atom. The maximum absolute atomic E-state index is 12.0. The number of imidazole rings is 1. The van der Waals surface area contributed by atoms with Crippen LogP contribution in [0.5, 0.6) is 0 Å². The quantitative estimate of drug-likeness (QED) is 0.683. The molecule has 0 radical (unpaired) electrons. The number of carbonyl (C=O) groups is 2. The number of aromatic nitrogens is 2. The second-order valence-electron chi connectivity index (χ2n) is 4.58. The molecule has 0 aliphatic heterocycles. The maximum Gasteiger partial charge on any atom is 0.303 e. The fraction of sp³-hybridized carbons (Fsp3) is 0.308. The summed E-state index contributed by atoms with van der Waals surface area (Å²) >= 11 is 2.94. The van der Waals surface area contributed by atoms with Gasteiger partial charge in [-0.3, -0.25) is 14.0 Å². The number of aliphatic carboxylic acids is 1. The summed E-state index contributed by atoms with van der Waals surface area (Å²) in [5.74, 6) is -0.932. The van der Waals surface area contributed by atoms with Crippen LogP contribution in [0.25, 0.3) is 15.3 Å². The summed E-state index contributed by atoms with van der Waals surface area (Å²) in [6, 6.07) is 1.85. The van der Waals surface area contributed by atoms with Gasteiger partial charge >= 0.3 is 5.97 Å². The number of amides is 1. The summed E-state index contributed by atoms with van der Waals surface area (Å²) in [7, 11) is 0. The average Bonchev–Trinajstić information content (AvgIpc) is 3.08. The molecule has 6 nitrogen and oxygen atoms in total. The second kappa shape index (κ2) is 5.82. The molecule has 3 aromatic rings. The fourth-order valence-corrected chi connectivity index (χ4v) is 3.77. The molecule has 0 saturated heterocycles. The van der Waals surface area contributed by atoms with Crippen LogP contribution in [0.1, 0.15) is 28.9 Å². The summed E-state index contributed by atoms with van der Waals surface area (Å²) < 4.78 is 1.97. The minimum atomic E-state index is -0.804. The van der Waals surface area contributed by atoms with E-state index in [-0.39, 0.29) is 12.3 Å². The van der Waals surface area contributed by atoms with E-state index in [1.165, 1.54) is 11.3 Å². The normalized spacial score (nSPS) is 11.2. The largest absolute Gasteiger partial charge is 0.481 e. The molecular weight excluding hydrogens is 310 g/mol. The first-order valence-corrected chi connectivity index (χ1v) is 8.20. The number of hydrogen-bond donors (Lipinski definition) is 2. The van der Waals surface area contributed by atoms with Crippen molar-refractivity contribution in [2.24, 2.45) is 0 Å². The van der Waals surface area contributed by atoms with Gasteiger partial charge in [0.15, 0.2) is 4.96 Å². The monoisotopic (exact) mass is 323 g/mol. The lowest BCUT2D eigenvalue weighted by molar-refractivity contribution is -0.137. The van der Waals surface area contributed by atoms with Crippen LogP contribution >= 0.6 is 22.7 Å². The van der Waals surface area contributed by atoms with Crippen LogP contribution in [-0.4, -0.2) is 32.9 Å². The first kappa shape index (κ1) is 14.0. The molecule has 3 heterocycles. The third kappa shape index (κ3) is 2.91. The number of fused-ring (bicyclic) bond motifs is 3. The first-order valence-electron chi connectivity index (χ1n) is 6.50. The van der Waals surface area contributed by atoms with Crippen molar-refractivity contribution in [3.8, 4) is 0 Å². The number of hydrogen-bond acceptors (Lipinski definition) is 5. The summed E-state index contributed by atoms with van der Waals surface area (Å²) in [4.78, 5) is 29.3. The Kier molecular flexibility index (Phi) is 3.89. The molecule has 21 heavy (non-hydrogen) atoms. The fourth-order valence-electron chi connectivity index (χ4n) is 2.05. The SMILES string of the molecule is O=C(O)CCCCNC(=O)c1cc2c(nc3sccn32)s1. The van der Waals surface area contributed by atoms with Crippen molar-refractivity contribution >= 4 is 49.9 Å². The van der Waals surface area contributed by atoms with Gasteiger partial charge in [-0.15, -0.1) is 22.7 Å². The van der Waals surface area contributed by atoms with Gasteiger partial charge in [0.2, 0.25) is 0 Å². The van der Waals surface area contributed by atoms with E-state index in [9.17, 15) is 9.59 Å². The molecule has 0 atom stereocenters.